The molecule has 218 valence electrons. The van der Waals surface area contributed by atoms with Crippen LogP contribution in [0.4, 0.5) is 23.2 Å². The van der Waals surface area contributed by atoms with Gasteiger partial charge in [0.05, 0.1) is 22.7 Å². The van der Waals surface area contributed by atoms with Crippen LogP contribution >= 0.6 is 0 Å². The van der Waals surface area contributed by atoms with Gasteiger partial charge in [-0.1, -0.05) is 37.3 Å². The summed E-state index contributed by atoms with van der Waals surface area (Å²) in [4.78, 5) is 13.2. The first-order valence-corrected chi connectivity index (χ1v) is 14.1. The Morgan fingerprint density at radius 2 is 1.68 bits per heavy atom. The zero-order valence-corrected chi connectivity index (χ0v) is 23.6. The molecule has 0 aliphatic rings. The van der Waals surface area contributed by atoms with Gasteiger partial charge in [0.1, 0.15) is 11.6 Å². The van der Waals surface area contributed by atoms with Gasteiger partial charge in [-0.3, -0.25) is 4.57 Å². The first-order valence-electron chi connectivity index (χ1n) is 12.6. The van der Waals surface area contributed by atoms with Gasteiger partial charge in [0, 0.05) is 28.8 Å². The average molecular weight is 592 g/mol. The fourth-order valence-corrected chi connectivity index (χ4v) is 6.04. The van der Waals surface area contributed by atoms with E-state index in [1.165, 1.54) is 18.2 Å². The number of hydrogen-bond donors (Lipinski definition) is 2. The molecular weight excluding hydrogens is 562 g/mol. The molecule has 0 aliphatic carbocycles. The minimum atomic E-state index is -4.77. The summed E-state index contributed by atoms with van der Waals surface area (Å²) in [6, 6.07) is 13.1. The standard InChI is InChI=1S/C28H29F4N5O3S/c1-5-25-34-37(23-15-19(33)12-13-21(23)28(30,31)32)26(38)36(25)16-18-11-10-17(14-22(18)29)20-8-6-7-9-24(20)41(39,40)35-27(2,3)4/h6-15,35H,5,16,33H2,1-4H3. The number of nitrogen functional groups attached to an aromatic ring is 1. The van der Waals surface area contributed by atoms with Crippen molar-refractivity contribution in [3.63, 3.8) is 0 Å². The number of alkyl halides is 3. The van der Waals surface area contributed by atoms with E-state index in [-0.39, 0.29) is 46.1 Å². The van der Waals surface area contributed by atoms with Crippen molar-refractivity contribution in [2.75, 3.05) is 5.73 Å². The van der Waals surface area contributed by atoms with Crippen molar-refractivity contribution in [2.45, 2.75) is 57.3 Å². The van der Waals surface area contributed by atoms with Gasteiger partial charge in [0.15, 0.2) is 0 Å². The number of aromatic nitrogens is 3. The van der Waals surface area contributed by atoms with Crippen molar-refractivity contribution >= 4 is 15.7 Å². The number of nitrogens with one attached hydrogen (secondary N) is 1. The summed E-state index contributed by atoms with van der Waals surface area (Å²) in [5.74, 6) is -0.598. The Labute approximate surface area is 234 Å². The van der Waals surface area contributed by atoms with E-state index < -0.39 is 44.5 Å². The van der Waals surface area contributed by atoms with Crippen LogP contribution in [0.2, 0.25) is 0 Å². The number of nitrogens with two attached hydrogens (primary N) is 1. The SMILES string of the molecule is CCc1nn(-c2cc(N)ccc2C(F)(F)F)c(=O)n1Cc1ccc(-c2ccccc2S(=O)(=O)NC(C)(C)C)cc1F. The summed E-state index contributed by atoms with van der Waals surface area (Å²) >= 11 is 0. The molecule has 1 heterocycles. The lowest BCUT2D eigenvalue weighted by Crippen LogP contribution is -2.40. The molecule has 1 aromatic heterocycles. The monoisotopic (exact) mass is 591 g/mol. The number of nitrogens with zero attached hydrogens (tertiary/aromatic N) is 3. The third-order valence-electron chi connectivity index (χ3n) is 6.12. The van der Waals surface area contributed by atoms with E-state index in [2.05, 4.69) is 9.82 Å². The molecule has 13 heteroatoms. The van der Waals surface area contributed by atoms with Crippen molar-refractivity contribution < 1.29 is 26.0 Å². The van der Waals surface area contributed by atoms with Crippen molar-refractivity contribution in [3.05, 3.63) is 93.9 Å². The maximum atomic E-state index is 15.4. The van der Waals surface area contributed by atoms with Crippen LogP contribution in [0.5, 0.6) is 0 Å². The molecule has 41 heavy (non-hydrogen) atoms. The Morgan fingerprint density at radius 3 is 2.29 bits per heavy atom. The quantitative estimate of drug-likeness (QED) is 0.229. The minimum Gasteiger partial charge on any atom is -0.399 e. The number of sulfonamides is 1. The second-order valence-corrected chi connectivity index (χ2v) is 12.1. The molecule has 0 saturated heterocycles. The fraction of sp³-hybridized carbons (Fsp3) is 0.286. The lowest BCUT2D eigenvalue weighted by atomic mass is 10.0. The number of aryl methyl sites for hydroxylation is 1. The predicted octanol–water partition coefficient (Wildman–Crippen LogP) is 5.13. The second-order valence-electron chi connectivity index (χ2n) is 10.5. The van der Waals surface area contributed by atoms with Gasteiger partial charge in [0.25, 0.3) is 0 Å². The minimum absolute atomic E-state index is 0.00845. The van der Waals surface area contributed by atoms with Crippen LogP contribution in [0.15, 0.2) is 70.4 Å². The first kappa shape index (κ1) is 30.0. The Balaban J connectivity index is 1.75. The van der Waals surface area contributed by atoms with E-state index in [0.29, 0.717) is 4.68 Å². The highest BCUT2D eigenvalue weighted by atomic mass is 32.2. The molecule has 8 nitrogen and oxygen atoms in total. The van der Waals surface area contributed by atoms with Gasteiger partial charge in [0.2, 0.25) is 10.0 Å². The molecule has 0 radical (unpaired) electrons. The summed E-state index contributed by atoms with van der Waals surface area (Å²) in [6.45, 7) is 6.45. The van der Waals surface area contributed by atoms with Crippen LogP contribution in [0.3, 0.4) is 0 Å². The number of rotatable bonds is 7. The van der Waals surface area contributed by atoms with Crippen molar-refractivity contribution in [3.8, 4) is 16.8 Å². The highest BCUT2D eigenvalue weighted by molar-refractivity contribution is 7.89. The molecule has 0 amide bonds. The fourth-order valence-electron chi connectivity index (χ4n) is 4.39. The summed E-state index contributed by atoms with van der Waals surface area (Å²) in [5, 5.41) is 4.09. The number of anilines is 1. The molecule has 0 bridgehead atoms. The molecule has 0 saturated carbocycles. The van der Waals surface area contributed by atoms with Crippen LogP contribution < -0.4 is 16.1 Å². The summed E-state index contributed by atoms with van der Waals surface area (Å²) in [7, 11) is -3.94. The second kappa shape index (κ2) is 10.8. The van der Waals surface area contributed by atoms with E-state index in [1.807, 2.05) is 0 Å². The summed E-state index contributed by atoms with van der Waals surface area (Å²) in [5.41, 5.74) is 3.06. The zero-order valence-electron chi connectivity index (χ0n) is 22.8. The van der Waals surface area contributed by atoms with Crippen LogP contribution in [0.1, 0.15) is 44.6 Å². The molecule has 4 aromatic rings. The zero-order chi connectivity index (χ0) is 30.3. The van der Waals surface area contributed by atoms with E-state index in [9.17, 15) is 26.4 Å². The first-order chi connectivity index (χ1) is 19.0. The Kier molecular flexibility index (Phi) is 7.89. The smallest absolute Gasteiger partial charge is 0.399 e. The van der Waals surface area contributed by atoms with E-state index in [0.717, 1.165) is 28.8 Å². The Bertz CT molecular complexity index is 1770. The molecule has 0 spiro atoms. The average Bonchev–Trinajstić information content (AvgIpc) is 3.18. The van der Waals surface area contributed by atoms with E-state index in [1.54, 1.807) is 45.9 Å². The van der Waals surface area contributed by atoms with Crippen molar-refractivity contribution in [2.24, 2.45) is 0 Å². The number of benzene rings is 3. The molecular formula is C28H29F4N5O3S. The normalized spacial score (nSPS) is 12.6. The maximum Gasteiger partial charge on any atom is 0.418 e. The summed E-state index contributed by atoms with van der Waals surface area (Å²) < 4.78 is 86.8. The van der Waals surface area contributed by atoms with Crippen LogP contribution in [-0.4, -0.2) is 28.3 Å². The van der Waals surface area contributed by atoms with E-state index in [4.69, 9.17) is 5.73 Å². The molecule has 0 fully saturated rings. The Morgan fingerprint density at radius 1 is 1.00 bits per heavy atom. The van der Waals surface area contributed by atoms with Gasteiger partial charge in [-0.15, -0.1) is 5.10 Å². The highest BCUT2D eigenvalue weighted by Gasteiger charge is 2.35. The van der Waals surface area contributed by atoms with E-state index >= 15 is 4.39 Å². The Hall–Kier alpha value is -3.97. The van der Waals surface area contributed by atoms with Crippen LogP contribution in [0, 0.1) is 5.82 Å². The van der Waals surface area contributed by atoms with Gasteiger partial charge in [-0.2, -0.15) is 17.9 Å². The molecule has 4 rings (SSSR count). The topological polar surface area (TPSA) is 112 Å². The molecule has 3 aromatic carbocycles. The number of hydrogen-bond acceptors (Lipinski definition) is 5. The maximum absolute atomic E-state index is 15.4. The predicted molar refractivity (Wildman–Crippen MR) is 148 cm³/mol. The van der Waals surface area contributed by atoms with Gasteiger partial charge in [-0.25, -0.2) is 22.3 Å². The molecule has 0 unspecified atom stereocenters. The van der Waals surface area contributed by atoms with Crippen LogP contribution in [-0.2, 0) is 29.2 Å². The lowest BCUT2D eigenvalue weighted by molar-refractivity contribution is -0.137. The van der Waals surface area contributed by atoms with Crippen LogP contribution in [0.25, 0.3) is 16.8 Å². The van der Waals surface area contributed by atoms with Crippen molar-refractivity contribution in [1.29, 1.82) is 0 Å². The molecule has 0 atom stereocenters. The third kappa shape index (κ3) is 6.35. The largest absolute Gasteiger partial charge is 0.418 e. The van der Waals surface area contributed by atoms with Gasteiger partial charge >= 0.3 is 11.9 Å². The molecule has 3 N–H and O–H groups in total. The summed E-state index contributed by atoms with van der Waals surface area (Å²) in [6.07, 6.45) is -4.59. The van der Waals surface area contributed by atoms with Gasteiger partial charge < -0.3 is 5.73 Å². The van der Waals surface area contributed by atoms with Crippen molar-refractivity contribution in [1.82, 2.24) is 19.1 Å². The lowest BCUT2D eigenvalue weighted by Gasteiger charge is -2.21. The number of halogens is 4. The van der Waals surface area contributed by atoms with Gasteiger partial charge in [-0.05, 0) is 56.7 Å². The highest BCUT2D eigenvalue weighted by Crippen LogP contribution is 2.34. The third-order valence-corrected chi connectivity index (χ3v) is 7.94. The molecule has 0 aliphatic heterocycles.